The zero-order chi connectivity index (χ0) is 35.1. The van der Waals surface area contributed by atoms with Crippen molar-refractivity contribution in [3.8, 4) is 0 Å². The van der Waals surface area contributed by atoms with Gasteiger partial charge in [-0.2, -0.15) is 0 Å². The predicted molar refractivity (Wildman–Crippen MR) is 178 cm³/mol. The minimum Gasteiger partial charge on any atom is -0.512 e. The van der Waals surface area contributed by atoms with Crippen molar-refractivity contribution in [2.75, 3.05) is 13.2 Å². The first-order valence-electron chi connectivity index (χ1n) is 16.9. The first-order chi connectivity index (χ1) is 23.5. The molecule has 2 aliphatic heterocycles. The van der Waals surface area contributed by atoms with Crippen LogP contribution in [0.1, 0.15) is 57.9 Å². The molecule has 2 heterocycles. The standard InChI is InChI=1S/C37H45N3O9/c1-22-16-27(17-23(2)34(22)45)35(46)39-28-15-14-26(31(42)20-41)13-12-25-10-6-7-11-30(25)40(36(28)47)19-32(43)38-29-18-33(44)49-37(29)48-21-24-8-4-3-5-9-24/h3-11,16,23,25-26,28-30,37,41,45H,12-15,17-21H2,1-2H3,(H,38,43)(H,39,46)/t23?,25?,26?,28-,29-,30?,37?/m0/s1. The number of ether oxygens (including phenoxy) is 2. The Morgan fingerprint density at radius 3 is 2.47 bits per heavy atom. The summed E-state index contributed by atoms with van der Waals surface area (Å²) in [6, 6.07) is 6.93. The van der Waals surface area contributed by atoms with Crippen molar-refractivity contribution in [3.63, 3.8) is 0 Å². The lowest BCUT2D eigenvalue weighted by Gasteiger charge is -2.39. The number of cyclic esters (lactones) is 1. The Balaban J connectivity index is 1.37. The average molecular weight is 676 g/mol. The third kappa shape index (κ3) is 8.93. The maximum atomic E-state index is 14.5. The van der Waals surface area contributed by atoms with Gasteiger partial charge in [0.2, 0.25) is 24.0 Å². The minimum absolute atomic E-state index is 0.0935. The van der Waals surface area contributed by atoms with Gasteiger partial charge >= 0.3 is 5.97 Å². The monoisotopic (exact) mass is 675 g/mol. The van der Waals surface area contributed by atoms with Gasteiger partial charge in [0.05, 0.1) is 24.8 Å². The highest BCUT2D eigenvalue weighted by Crippen LogP contribution is 2.31. The van der Waals surface area contributed by atoms with Gasteiger partial charge in [0.1, 0.15) is 25.2 Å². The van der Waals surface area contributed by atoms with Gasteiger partial charge in [0.15, 0.2) is 5.78 Å². The van der Waals surface area contributed by atoms with Gasteiger partial charge in [-0.25, -0.2) is 0 Å². The third-order valence-electron chi connectivity index (χ3n) is 9.69. The number of nitrogens with one attached hydrogen (secondary N) is 2. The van der Waals surface area contributed by atoms with Crippen LogP contribution in [0.3, 0.4) is 0 Å². The van der Waals surface area contributed by atoms with E-state index in [9.17, 15) is 34.2 Å². The maximum Gasteiger partial charge on any atom is 0.310 e. The number of esters is 1. The van der Waals surface area contributed by atoms with Gasteiger partial charge in [0.25, 0.3) is 0 Å². The molecule has 2 aliphatic carbocycles. The summed E-state index contributed by atoms with van der Waals surface area (Å²) in [4.78, 5) is 68.1. The Labute approximate surface area is 285 Å². The van der Waals surface area contributed by atoms with Crippen LogP contribution < -0.4 is 10.6 Å². The van der Waals surface area contributed by atoms with Gasteiger partial charge < -0.3 is 35.2 Å². The molecule has 5 rings (SSSR count). The Morgan fingerprint density at radius 1 is 1.00 bits per heavy atom. The van der Waals surface area contributed by atoms with Crippen molar-refractivity contribution >= 4 is 29.5 Å². The van der Waals surface area contributed by atoms with Crippen molar-refractivity contribution in [3.05, 3.63) is 83.2 Å². The second kappa shape index (κ2) is 16.2. The molecule has 12 heteroatoms. The van der Waals surface area contributed by atoms with E-state index in [1.165, 1.54) is 4.90 Å². The van der Waals surface area contributed by atoms with Crippen molar-refractivity contribution in [2.45, 2.75) is 83.4 Å². The summed E-state index contributed by atoms with van der Waals surface area (Å²) in [7, 11) is 0. The lowest BCUT2D eigenvalue weighted by molar-refractivity contribution is -0.168. The molecule has 0 radical (unpaired) electrons. The normalized spacial score (nSPS) is 28.8. The predicted octanol–water partition coefficient (Wildman–Crippen LogP) is 2.94. The molecule has 1 aromatic carbocycles. The van der Waals surface area contributed by atoms with Crippen molar-refractivity contribution in [2.24, 2.45) is 17.8 Å². The lowest BCUT2D eigenvalue weighted by Crippen LogP contribution is -2.57. The molecule has 3 amide bonds. The third-order valence-corrected chi connectivity index (χ3v) is 9.69. The molecule has 0 bridgehead atoms. The number of aliphatic hydroxyl groups is 2. The van der Waals surface area contributed by atoms with Crippen molar-refractivity contribution in [1.82, 2.24) is 15.5 Å². The van der Waals surface area contributed by atoms with Crippen LogP contribution in [-0.2, 0) is 40.1 Å². The van der Waals surface area contributed by atoms with Crippen LogP contribution in [0.25, 0.3) is 0 Å². The molecule has 0 aromatic heterocycles. The smallest absolute Gasteiger partial charge is 0.310 e. The number of nitrogens with zero attached hydrogens (tertiary/aromatic N) is 1. The zero-order valence-electron chi connectivity index (χ0n) is 27.9. The molecule has 0 saturated carbocycles. The second-order valence-corrected chi connectivity index (χ2v) is 13.3. The van der Waals surface area contributed by atoms with E-state index in [0.29, 0.717) is 24.0 Å². The van der Waals surface area contributed by atoms with Crippen LogP contribution in [0.2, 0.25) is 0 Å². The first-order valence-corrected chi connectivity index (χ1v) is 16.9. The van der Waals surface area contributed by atoms with Crippen molar-refractivity contribution in [1.29, 1.82) is 0 Å². The van der Waals surface area contributed by atoms with Gasteiger partial charge in [-0.15, -0.1) is 0 Å². The number of rotatable bonds is 10. The number of carbonyl (C=O) groups excluding carboxylic acids is 5. The Kier molecular flexibility index (Phi) is 11.8. The molecule has 12 nitrogen and oxygen atoms in total. The molecule has 7 atom stereocenters. The summed E-state index contributed by atoms with van der Waals surface area (Å²) < 4.78 is 11.2. The number of hydrogen-bond acceptors (Lipinski definition) is 9. The Hall–Kier alpha value is -4.55. The van der Waals surface area contributed by atoms with E-state index in [4.69, 9.17) is 9.47 Å². The number of carbonyl (C=O) groups is 5. The fourth-order valence-electron chi connectivity index (χ4n) is 6.97. The summed E-state index contributed by atoms with van der Waals surface area (Å²) in [6.07, 6.45) is 9.55. The van der Waals surface area contributed by atoms with Crippen molar-refractivity contribution < 1.29 is 43.7 Å². The molecule has 5 unspecified atom stereocenters. The molecule has 4 N–H and O–H groups in total. The SMILES string of the molecule is CC1=C(O)C(C)CC(C(=O)N[C@H]2CCC(C(=O)CO)CCC3C=CC=CC3N(CC(=O)N[C@H]3CC(=O)OC3OCc3ccccc3)C2=O)=C1. The van der Waals surface area contributed by atoms with Crippen LogP contribution >= 0.6 is 0 Å². The number of hydrogen-bond donors (Lipinski definition) is 4. The largest absolute Gasteiger partial charge is 0.512 e. The first kappa shape index (κ1) is 35.7. The van der Waals surface area contributed by atoms with E-state index in [1.54, 1.807) is 19.1 Å². The Bertz CT molecular complexity index is 1550. The molecular weight excluding hydrogens is 630 g/mol. The summed E-state index contributed by atoms with van der Waals surface area (Å²) >= 11 is 0. The number of allylic oxidation sites excluding steroid dienone is 5. The fourth-order valence-corrected chi connectivity index (χ4v) is 6.97. The molecule has 2 fully saturated rings. The summed E-state index contributed by atoms with van der Waals surface area (Å²) in [5, 5.41) is 25.7. The van der Waals surface area contributed by atoms with E-state index in [0.717, 1.165) is 5.56 Å². The second-order valence-electron chi connectivity index (χ2n) is 13.3. The number of aliphatic hydroxyl groups excluding tert-OH is 2. The van der Waals surface area contributed by atoms with E-state index in [-0.39, 0.29) is 62.2 Å². The fraction of sp³-hybridized carbons (Fsp3) is 0.486. The lowest BCUT2D eigenvalue weighted by atomic mass is 9.82. The topological polar surface area (TPSA) is 172 Å². The number of benzene rings is 1. The number of ketones is 1. The van der Waals surface area contributed by atoms with Crippen LogP contribution in [0.4, 0.5) is 0 Å². The van der Waals surface area contributed by atoms with E-state index >= 15 is 0 Å². The quantitative estimate of drug-likeness (QED) is 0.272. The zero-order valence-corrected chi connectivity index (χ0v) is 27.9. The molecule has 1 aromatic rings. The number of Topliss-reactive ketones (excluding diaryl/α,β-unsaturated/α-hetero) is 1. The number of amides is 3. The Morgan fingerprint density at radius 2 is 1.73 bits per heavy atom. The van der Waals surface area contributed by atoms with Crippen LogP contribution in [0, 0.1) is 17.8 Å². The number of fused-ring (bicyclic) bond motifs is 1. The van der Waals surface area contributed by atoms with E-state index in [1.807, 2.05) is 55.5 Å². The van der Waals surface area contributed by atoms with Crippen LogP contribution in [0.5, 0.6) is 0 Å². The van der Waals surface area contributed by atoms with Gasteiger partial charge in [-0.05, 0) is 56.2 Å². The average Bonchev–Trinajstić information content (AvgIpc) is 3.45. The minimum atomic E-state index is -1.08. The van der Waals surface area contributed by atoms with E-state index < -0.39 is 60.6 Å². The summed E-state index contributed by atoms with van der Waals surface area (Å²) in [5.74, 6) is -3.13. The summed E-state index contributed by atoms with van der Waals surface area (Å²) in [5.41, 5.74) is 1.84. The highest BCUT2D eigenvalue weighted by molar-refractivity contribution is 5.98. The highest BCUT2D eigenvalue weighted by atomic mass is 16.7. The maximum absolute atomic E-state index is 14.5. The van der Waals surface area contributed by atoms with Gasteiger partial charge in [-0.1, -0.05) is 61.6 Å². The van der Waals surface area contributed by atoms with Gasteiger partial charge in [0, 0.05) is 23.3 Å². The summed E-state index contributed by atoms with van der Waals surface area (Å²) in [6.45, 7) is 2.70. The highest BCUT2D eigenvalue weighted by Gasteiger charge is 2.40. The molecule has 4 aliphatic rings. The molecule has 262 valence electrons. The van der Waals surface area contributed by atoms with Crippen LogP contribution in [-0.4, -0.2) is 82.2 Å². The molecule has 49 heavy (non-hydrogen) atoms. The molecular formula is C37H45N3O9. The van der Waals surface area contributed by atoms with E-state index in [2.05, 4.69) is 10.6 Å². The molecule has 2 saturated heterocycles. The van der Waals surface area contributed by atoms with Crippen LogP contribution in [0.15, 0.2) is 77.6 Å². The van der Waals surface area contributed by atoms with Gasteiger partial charge in [-0.3, -0.25) is 24.0 Å². The molecule has 0 spiro atoms.